The van der Waals surface area contributed by atoms with Crippen LogP contribution in [0.2, 0.25) is 0 Å². The van der Waals surface area contributed by atoms with E-state index >= 15 is 0 Å². The first kappa shape index (κ1) is 20.0. The highest BCUT2D eigenvalue weighted by Gasteiger charge is 2.50. The summed E-state index contributed by atoms with van der Waals surface area (Å²) in [6.45, 7) is 1.24. The van der Waals surface area contributed by atoms with Gasteiger partial charge in [0.15, 0.2) is 0 Å². The number of likely N-dealkylation sites (N-methyl/N-ethyl adjacent to an activating group) is 1. The summed E-state index contributed by atoms with van der Waals surface area (Å²) in [6, 6.07) is 16.4. The lowest BCUT2D eigenvalue weighted by Crippen LogP contribution is -2.69. The average molecular weight is 421 g/mol. The first-order valence-corrected chi connectivity index (χ1v) is 10.7. The molecule has 2 saturated heterocycles. The van der Waals surface area contributed by atoms with Crippen molar-refractivity contribution in [2.24, 2.45) is 5.73 Å². The van der Waals surface area contributed by atoms with Gasteiger partial charge in [-0.15, -0.1) is 0 Å². The minimum absolute atomic E-state index is 0.0343. The van der Waals surface area contributed by atoms with E-state index in [9.17, 15) is 9.59 Å². The van der Waals surface area contributed by atoms with Gasteiger partial charge in [-0.25, -0.2) is 4.79 Å². The number of primary amides is 1. The molecule has 2 atom stereocenters. The minimum Gasteiger partial charge on any atom is -0.449 e. The Labute approximate surface area is 181 Å². The third-order valence-electron chi connectivity index (χ3n) is 7.10. The number of morpholine rings is 1. The summed E-state index contributed by atoms with van der Waals surface area (Å²) in [6.07, 6.45) is 0.225. The highest BCUT2D eigenvalue weighted by atomic mass is 16.5. The molecule has 1 aliphatic carbocycles. The van der Waals surface area contributed by atoms with Gasteiger partial charge in [-0.1, -0.05) is 48.5 Å². The molecule has 2 fully saturated rings. The molecule has 7 nitrogen and oxygen atoms in total. The highest BCUT2D eigenvalue weighted by Crippen LogP contribution is 2.44. The summed E-state index contributed by atoms with van der Waals surface area (Å²) in [5, 5.41) is 2.83. The highest BCUT2D eigenvalue weighted by molar-refractivity contribution is 5.89. The van der Waals surface area contributed by atoms with Gasteiger partial charge in [-0.2, -0.15) is 0 Å². The van der Waals surface area contributed by atoms with E-state index in [4.69, 9.17) is 15.2 Å². The van der Waals surface area contributed by atoms with Crippen molar-refractivity contribution in [1.82, 2.24) is 10.2 Å². The van der Waals surface area contributed by atoms with Crippen LogP contribution in [0, 0.1) is 0 Å². The van der Waals surface area contributed by atoms with E-state index in [1.54, 1.807) is 0 Å². The molecule has 3 aliphatic rings. The maximum atomic E-state index is 12.8. The van der Waals surface area contributed by atoms with Crippen LogP contribution in [0.3, 0.4) is 0 Å². The SMILES string of the molecule is CN1C2COCC1CC(NC(=O)OCC1c3ccccc3-c3ccccc31)(C(N)=O)C2. The number of rotatable bonds is 4. The quantitative estimate of drug-likeness (QED) is 0.790. The van der Waals surface area contributed by atoms with Crippen molar-refractivity contribution in [2.75, 3.05) is 26.9 Å². The number of ether oxygens (including phenoxy) is 2. The van der Waals surface area contributed by atoms with Gasteiger partial charge in [-0.05, 0) is 42.1 Å². The van der Waals surface area contributed by atoms with Crippen LogP contribution in [-0.2, 0) is 14.3 Å². The summed E-state index contributed by atoms with van der Waals surface area (Å²) in [5.41, 5.74) is 9.29. The van der Waals surface area contributed by atoms with Crippen LogP contribution < -0.4 is 11.1 Å². The lowest BCUT2D eigenvalue weighted by molar-refractivity contribution is -0.135. The van der Waals surface area contributed by atoms with E-state index in [1.807, 2.05) is 31.3 Å². The van der Waals surface area contributed by atoms with Crippen molar-refractivity contribution in [3.63, 3.8) is 0 Å². The third kappa shape index (κ3) is 3.38. The zero-order chi connectivity index (χ0) is 21.6. The van der Waals surface area contributed by atoms with Gasteiger partial charge in [-0.3, -0.25) is 9.69 Å². The largest absolute Gasteiger partial charge is 0.449 e. The molecule has 7 heteroatoms. The zero-order valence-corrected chi connectivity index (χ0v) is 17.5. The van der Waals surface area contributed by atoms with Crippen molar-refractivity contribution >= 4 is 12.0 Å². The van der Waals surface area contributed by atoms with Gasteiger partial charge in [0.1, 0.15) is 12.1 Å². The third-order valence-corrected chi connectivity index (χ3v) is 7.10. The Morgan fingerprint density at radius 1 is 1.06 bits per heavy atom. The molecule has 2 unspecified atom stereocenters. The Hall–Kier alpha value is -2.90. The summed E-state index contributed by atoms with van der Waals surface area (Å²) in [4.78, 5) is 27.5. The number of nitrogens with zero attached hydrogens (tertiary/aromatic N) is 1. The van der Waals surface area contributed by atoms with Crippen LogP contribution in [0.15, 0.2) is 48.5 Å². The van der Waals surface area contributed by atoms with E-state index in [1.165, 1.54) is 11.1 Å². The summed E-state index contributed by atoms with van der Waals surface area (Å²) < 4.78 is 11.3. The second-order valence-corrected chi connectivity index (χ2v) is 8.82. The predicted molar refractivity (Wildman–Crippen MR) is 116 cm³/mol. The van der Waals surface area contributed by atoms with Crippen LogP contribution in [0.5, 0.6) is 0 Å². The second-order valence-electron chi connectivity index (χ2n) is 8.82. The van der Waals surface area contributed by atoms with Gasteiger partial charge in [0.05, 0.1) is 13.2 Å². The van der Waals surface area contributed by atoms with Gasteiger partial charge in [0.2, 0.25) is 5.91 Å². The molecule has 0 aromatic heterocycles. The van der Waals surface area contributed by atoms with E-state index in [-0.39, 0.29) is 24.6 Å². The lowest BCUT2D eigenvalue weighted by Gasteiger charge is -2.50. The molecular weight excluding hydrogens is 394 g/mol. The Bertz CT molecular complexity index is 964. The number of alkyl carbamates (subject to hydrolysis) is 1. The topological polar surface area (TPSA) is 93.9 Å². The van der Waals surface area contributed by atoms with Crippen molar-refractivity contribution in [3.8, 4) is 11.1 Å². The maximum absolute atomic E-state index is 12.8. The van der Waals surface area contributed by atoms with Crippen molar-refractivity contribution in [1.29, 1.82) is 0 Å². The molecule has 0 radical (unpaired) electrons. The number of hydrogen-bond acceptors (Lipinski definition) is 5. The van der Waals surface area contributed by atoms with Crippen molar-refractivity contribution in [2.45, 2.75) is 36.4 Å². The van der Waals surface area contributed by atoms with Crippen LogP contribution in [0.25, 0.3) is 11.1 Å². The molecule has 31 heavy (non-hydrogen) atoms. The Morgan fingerprint density at radius 2 is 1.61 bits per heavy atom. The van der Waals surface area contributed by atoms with Gasteiger partial charge < -0.3 is 20.5 Å². The molecule has 2 aliphatic heterocycles. The molecule has 2 heterocycles. The minimum atomic E-state index is -1.12. The Morgan fingerprint density at radius 3 is 2.16 bits per heavy atom. The molecule has 2 bridgehead atoms. The maximum Gasteiger partial charge on any atom is 0.408 e. The van der Waals surface area contributed by atoms with E-state index < -0.39 is 17.5 Å². The predicted octanol–water partition coefficient (Wildman–Crippen LogP) is 2.24. The van der Waals surface area contributed by atoms with Gasteiger partial charge >= 0.3 is 6.09 Å². The van der Waals surface area contributed by atoms with Crippen LogP contribution in [0.4, 0.5) is 4.79 Å². The molecule has 0 saturated carbocycles. The number of fused-ring (bicyclic) bond motifs is 5. The monoisotopic (exact) mass is 421 g/mol. The average Bonchev–Trinajstić information content (AvgIpc) is 3.07. The van der Waals surface area contributed by atoms with E-state index in [0.29, 0.717) is 26.1 Å². The van der Waals surface area contributed by atoms with Crippen molar-refractivity contribution < 1.29 is 19.1 Å². The number of nitrogens with one attached hydrogen (secondary N) is 1. The molecule has 5 rings (SSSR count). The van der Waals surface area contributed by atoms with E-state index in [2.05, 4.69) is 34.5 Å². The molecular formula is C24H27N3O4. The zero-order valence-electron chi connectivity index (χ0n) is 17.5. The number of nitrogens with two attached hydrogens (primary N) is 1. The Kier molecular flexibility index (Phi) is 4.95. The first-order chi connectivity index (χ1) is 15.0. The number of carbonyl (C=O) groups is 2. The number of hydrogen-bond donors (Lipinski definition) is 2. The fraction of sp³-hybridized carbons (Fsp3) is 0.417. The van der Waals surface area contributed by atoms with E-state index in [0.717, 1.165) is 11.1 Å². The van der Waals surface area contributed by atoms with Gasteiger partial charge in [0.25, 0.3) is 0 Å². The number of benzene rings is 2. The molecule has 3 N–H and O–H groups in total. The normalized spacial score (nSPS) is 27.3. The smallest absolute Gasteiger partial charge is 0.408 e. The van der Waals surface area contributed by atoms with Crippen LogP contribution in [0.1, 0.15) is 29.9 Å². The fourth-order valence-electron chi connectivity index (χ4n) is 5.36. The summed E-state index contributed by atoms with van der Waals surface area (Å²) >= 11 is 0. The number of piperidine rings is 1. The summed E-state index contributed by atoms with van der Waals surface area (Å²) in [7, 11) is 2.02. The molecule has 162 valence electrons. The molecule has 2 aromatic rings. The first-order valence-electron chi connectivity index (χ1n) is 10.7. The Balaban J connectivity index is 1.31. The molecule has 2 aromatic carbocycles. The molecule has 0 spiro atoms. The number of amides is 2. The van der Waals surface area contributed by atoms with Crippen LogP contribution in [-0.4, -0.2) is 61.4 Å². The lowest BCUT2D eigenvalue weighted by atomic mass is 9.78. The number of carbonyl (C=O) groups excluding carboxylic acids is 2. The van der Waals surface area contributed by atoms with Gasteiger partial charge in [0, 0.05) is 18.0 Å². The van der Waals surface area contributed by atoms with Crippen molar-refractivity contribution in [3.05, 3.63) is 59.7 Å². The fourth-order valence-corrected chi connectivity index (χ4v) is 5.36. The summed E-state index contributed by atoms with van der Waals surface area (Å²) in [5.74, 6) is -0.557. The standard InChI is InChI=1S/C24H27N3O4/c1-27-15-10-24(22(25)28,11-16(27)13-30-12-15)26-23(29)31-14-21-19-8-4-2-6-17(19)18-7-3-5-9-20(18)21/h2-9,15-16,21H,10-14H2,1H3,(H2,25,28)(H,26,29). The molecule has 2 amide bonds. The second kappa shape index (κ2) is 7.66. The van der Waals surface area contributed by atoms with Crippen LogP contribution >= 0.6 is 0 Å².